The van der Waals surface area contributed by atoms with Crippen molar-refractivity contribution in [2.75, 3.05) is 5.75 Å². The van der Waals surface area contributed by atoms with E-state index in [0.717, 1.165) is 10.7 Å². The number of carbonyl (C=O) groups excluding carboxylic acids is 1. The van der Waals surface area contributed by atoms with Gasteiger partial charge in [0.1, 0.15) is 5.76 Å². The van der Waals surface area contributed by atoms with Gasteiger partial charge in [-0.05, 0) is 32.0 Å². The molecule has 0 aromatic carbocycles. The van der Waals surface area contributed by atoms with Crippen LogP contribution < -0.4 is 5.32 Å². The van der Waals surface area contributed by atoms with E-state index in [1.54, 1.807) is 17.6 Å². The number of thiophene rings is 1. The van der Waals surface area contributed by atoms with Gasteiger partial charge in [0.2, 0.25) is 5.91 Å². The van der Waals surface area contributed by atoms with E-state index in [-0.39, 0.29) is 5.91 Å². The Morgan fingerprint density at radius 3 is 2.83 bits per heavy atom. The first-order valence-corrected chi connectivity index (χ1v) is 7.44. The van der Waals surface area contributed by atoms with Gasteiger partial charge in [-0.15, -0.1) is 23.1 Å². The normalized spacial score (nSPS) is 10.6. The van der Waals surface area contributed by atoms with Crippen LogP contribution in [-0.4, -0.2) is 11.7 Å². The van der Waals surface area contributed by atoms with Crippen molar-refractivity contribution < 1.29 is 9.21 Å². The molecular formula is C13H15NO2S2. The van der Waals surface area contributed by atoms with Gasteiger partial charge in [0.15, 0.2) is 0 Å². The highest BCUT2D eigenvalue weighted by atomic mass is 32.2. The van der Waals surface area contributed by atoms with Crippen LogP contribution in [0.3, 0.4) is 0 Å². The zero-order valence-corrected chi connectivity index (χ0v) is 12.0. The molecule has 2 heterocycles. The number of rotatable bonds is 5. The number of aryl methyl sites for hydroxylation is 2. The molecule has 0 spiro atoms. The Morgan fingerprint density at radius 1 is 1.39 bits per heavy atom. The molecule has 0 fully saturated rings. The average Bonchev–Trinajstić information content (AvgIpc) is 2.93. The predicted molar refractivity (Wildman–Crippen MR) is 75.1 cm³/mol. The van der Waals surface area contributed by atoms with Crippen LogP contribution in [0.15, 0.2) is 33.8 Å². The minimum atomic E-state index is 0.0478. The summed E-state index contributed by atoms with van der Waals surface area (Å²) in [5, 5.41) is 2.91. The number of carbonyl (C=O) groups is 1. The molecule has 2 aromatic heterocycles. The van der Waals surface area contributed by atoms with Gasteiger partial charge >= 0.3 is 0 Å². The topological polar surface area (TPSA) is 42.2 Å². The molecule has 2 aromatic rings. The van der Waals surface area contributed by atoms with Crippen molar-refractivity contribution >= 4 is 29.0 Å². The molecule has 0 saturated carbocycles. The molecule has 0 unspecified atom stereocenters. The molecule has 96 valence electrons. The summed E-state index contributed by atoms with van der Waals surface area (Å²) in [7, 11) is 0. The molecule has 1 N–H and O–H groups in total. The summed E-state index contributed by atoms with van der Waals surface area (Å²) >= 11 is 3.21. The summed E-state index contributed by atoms with van der Waals surface area (Å²) in [5.74, 6) is 1.33. The Hall–Kier alpha value is -1.20. The van der Waals surface area contributed by atoms with Gasteiger partial charge in [-0.3, -0.25) is 4.79 Å². The smallest absolute Gasteiger partial charge is 0.230 e. The first-order valence-electron chi connectivity index (χ1n) is 5.64. The maximum atomic E-state index is 11.7. The third-order valence-corrected chi connectivity index (χ3v) is 4.57. The molecular weight excluding hydrogens is 266 g/mol. The van der Waals surface area contributed by atoms with Crippen LogP contribution in [0, 0.1) is 13.8 Å². The molecule has 0 radical (unpaired) electrons. The van der Waals surface area contributed by atoms with E-state index in [0.29, 0.717) is 12.3 Å². The Labute approximate surface area is 115 Å². The fourth-order valence-electron chi connectivity index (χ4n) is 1.48. The Balaban J connectivity index is 1.74. The van der Waals surface area contributed by atoms with Crippen LogP contribution in [0.4, 0.5) is 0 Å². The minimum absolute atomic E-state index is 0.0478. The third kappa shape index (κ3) is 3.65. The second kappa shape index (κ2) is 6.11. The quantitative estimate of drug-likeness (QED) is 0.854. The number of hydrogen-bond acceptors (Lipinski definition) is 4. The second-order valence-corrected chi connectivity index (χ2v) is 6.31. The zero-order chi connectivity index (χ0) is 13.0. The van der Waals surface area contributed by atoms with Crippen molar-refractivity contribution in [3.63, 3.8) is 0 Å². The molecule has 2 rings (SSSR count). The Bertz CT molecular complexity index is 531. The van der Waals surface area contributed by atoms with E-state index in [9.17, 15) is 4.79 Å². The fourth-order valence-corrected chi connectivity index (χ4v) is 3.11. The zero-order valence-electron chi connectivity index (χ0n) is 10.4. The highest BCUT2D eigenvalue weighted by molar-refractivity contribution is 8.00. The Kier molecular flexibility index (Phi) is 4.49. The van der Waals surface area contributed by atoms with E-state index < -0.39 is 0 Å². The number of hydrogen-bond donors (Lipinski definition) is 1. The molecule has 1 amide bonds. The lowest BCUT2D eigenvalue weighted by molar-refractivity contribution is -0.118. The van der Waals surface area contributed by atoms with Gasteiger partial charge in [0.05, 0.1) is 18.6 Å². The number of amides is 1. The standard InChI is InChI=1S/C13H15NO2S2/c1-9-3-4-11(18-9)7-14-13(15)8-17-12-5-6-16-10(12)2/h3-6H,7-8H2,1-2H3,(H,14,15). The van der Waals surface area contributed by atoms with Crippen LogP contribution in [0.25, 0.3) is 0 Å². The van der Waals surface area contributed by atoms with Crippen molar-refractivity contribution in [3.05, 3.63) is 40.0 Å². The summed E-state index contributed by atoms with van der Waals surface area (Å²) in [5.41, 5.74) is 0. The van der Waals surface area contributed by atoms with Gasteiger partial charge in [0, 0.05) is 14.6 Å². The van der Waals surface area contributed by atoms with Gasteiger partial charge < -0.3 is 9.73 Å². The van der Waals surface area contributed by atoms with E-state index in [1.165, 1.54) is 21.5 Å². The maximum absolute atomic E-state index is 11.7. The maximum Gasteiger partial charge on any atom is 0.230 e. The van der Waals surface area contributed by atoms with E-state index >= 15 is 0 Å². The van der Waals surface area contributed by atoms with Crippen molar-refractivity contribution in [2.45, 2.75) is 25.3 Å². The van der Waals surface area contributed by atoms with Gasteiger partial charge in [0.25, 0.3) is 0 Å². The van der Waals surface area contributed by atoms with Crippen LogP contribution in [-0.2, 0) is 11.3 Å². The van der Waals surface area contributed by atoms with Gasteiger partial charge in [-0.25, -0.2) is 0 Å². The molecule has 18 heavy (non-hydrogen) atoms. The number of nitrogens with one attached hydrogen (secondary N) is 1. The molecule has 3 nitrogen and oxygen atoms in total. The molecule has 0 aliphatic heterocycles. The summed E-state index contributed by atoms with van der Waals surface area (Å²) < 4.78 is 5.18. The highest BCUT2D eigenvalue weighted by Gasteiger charge is 2.06. The summed E-state index contributed by atoms with van der Waals surface area (Å²) in [4.78, 5) is 15.1. The van der Waals surface area contributed by atoms with E-state index in [1.807, 2.05) is 19.1 Å². The molecule has 0 aliphatic carbocycles. The van der Waals surface area contributed by atoms with Crippen LogP contribution in [0.1, 0.15) is 15.5 Å². The minimum Gasteiger partial charge on any atom is -0.468 e. The van der Waals surface area contributed by atoms with Crippen molar-refractivity contribution in [2.24, 2.45) is 0 Å². The van der Waals surface area contributed by atoms with Gasteiger partial charge in [-0.2, -0.15) is 0 Å². The fraction of sp³-hybridized carbons (Fsp3) is 0.308. The molecule has 0 bridgehead atoms. The van der Waals surface area contributed by atoms with Crippen molar-refractivity contribution in [1.29, 1.82) is 0 Å². The largest absolute Gasteiger partial charge is 0.468 e. The van der Waals surface area contributed by atoms with E-state index in [2.05, 4.69) is 18.3 Å². The van der Waals surface area contributed by atoms with Crippen LogP contribution in [0.5, 0.6) is 0 Å². The predicted octanol–water partition coefficient (Wildman–Crippen LogP) is 3.37. The van der Waals surface area contributed by atoms with Crippen LogP contribution >= 0.6 is 23.1 Å². The molecule has 0 saturated heterocycles. The van der Waals surface area contributed by atoms with Gasteiger partial charge in [-0.1, -0.05) is 0 Å². The first-order chi connectivity index (χ1) is 8.65. The summed E-state index contributed by atoms with van der Waals surface area (Å²) in [6.07, 6.45) is 1.64. The number of thioether (sulfide) groups is 1. The molecule has 0 aliphatic rings. The monoisotopic (exact) mass is 281 g/mol. The van der Waals surface area contributed by atoms with E-state index in [4.69, 9.17) is 4.42 Å². The summed E-state index contributed by atoms with van der Waals surface area (Å²) in [6, 6.07) is 6.00. The lowest BCUT2D eigenvalue weighted by Crippen LogP contribution is -2.24. The SMILES string of the molecule is Cc1ccc(CNC(=O)CSc2ccoc2C)s1. The molecule has 5 heteroatoms. The average molecular weight is 281 g/mol. The van der Waals surface area contributed by atoms with Crippen molar-refractivity contribution in [1.82, 2.24) is 5.32 Å². The van der Waals surface area contributed by atoms with Crippen LogP contribution in [0.2, 0.25) is 0 Å². The molecule has 0 atom stereocenters. The lowest BCUT2D eigenvalue weighted by Gasteiger charge is -2.03. The third-order valence-electron chi connectivity index (χ3n) is 2.43. The highest BCUT2D eigenvalue weighted by Crippen LogP contribution is 2.22. The Morgan fingerprint density at radius 2 is 2.22 bits per heavy atom. The number of furan rings is 1. The first kappa shape index (κ1) is 13.2. The summed E-state index contributed by atoms with van der Waals surface area (Å²) in [6.45, 7) is 4.57. The lowest BCUT2D eigenvalue weighted by atomic mass is 10.4. The second-order valence-electron chi connectivity index (χ2n) is 3.92. The van der Waals surface area contributed by atoms with Crippen molar-refractivity contribution in [3.8, 4) is 0 Å².